The molecule has 0 saturated heterocycles. The van der Waals surface area contributed by atoms with Crippen LogP contribution in [0.4, 0.5) is 5.00 Å². The Bertz CT molecular complexity index is 1370. The van der Waals surface area contributed by atoms with Crippen molar-refractivity contribution in [2.75, 3.05) is 18.5 Å². The zero-order valence-corrected chi connectivity index (χ0v) is 21.0. The third-order valence-electron chi connectivity index (χ3n) is 5.53. The molecule has 0 unspecified atom stereocenters. The minimum atomic E-state index is -3.83. The summed E-state index contributed by atoms with van der Waals surface area (Å²) in [5, 5.41) is 3.26. The van der Waals surface area contributed by atoms with E-state index < -0.39 is 21.9 Å². The quantitative estimate of drug-likeness (QED) is 0.469. The number of carbonyl (C=O) groups is 2. The number of hydrogen-bond acceptors (Lipinski definition) is 6. The SMILES string of the molecule is CCOC(=O)c1sc(NC(=O)c2cc(S(=O)(=O)N3CCc4ccccc4C3)ccc2Cl)cc1C. The van der Waals surface area contributed by atoms with Crippen LogP contribution in [0.5, 0.6) is 0 Å². The number of anilines is 1. The number of esters is 1. The van der Waals surface area contributed by atoms with Crippen molar-refractivity contribution in [3.8, 4) is 0 Å². The maximum Gasteiger partial charge on any atom is 0.348 e. The highest BCUT2D eigenvalue weighted by atomic mass is 35.5. The van der Waals surface area contributed by atoms with Crippen LogP contribution in [0.1, 0.15) is 43.6 Å². The molecule has 0 fully saturated rings. The third-order valence-corrected chi connectivity index (χ3v) is 8.83. The average Bonchev–Trinajstić information content (AvgIpc) is 3.18. The Labute approximate surface area is 207 Å². The second kappa shape index (κ2) is 9.87. The van der Waals surface area contributed by atoms with Crippen LogP contribution in [0.25, 0.3) is 0 Å². The molecule has 0 bridgehead atoms. The Hall–Kier alpha value is -2.72. The van der Waals surface area contributed by atoms with Gasteiger partial charge in [-0.15, -0.1) is 11.3 Å². The first-order valence-electron chi connectivity index (χ1n) is 10.7. The number of ether oxygens (including phenoxy) is 1. The van der Waals surface area contributed by atoms with E-state index in [1.165, 1.54) is 22.5 Å². The van der Waals surface area contributed by atoms with E-state index in [9.17, 15) is 18.0 Å². The van der Waals surface area contributed by atoms with Crippen molar-refractivity contribution in [2.24, 2.45) is 0 Å². The molecule has 0 spiro atoms. The van der Waals surface area contributed by atoms with Crippen LogP contribution >= 0.6 is 22.9 Å². The van der Waals surface area contributed by atoms with Crippen LogP contribution in [0.15, 0.2) is 53.4 Å². The van der Waals surface area contributed by atoms with Gasteiger partial charge in [-0.25, -0.2) is 13.2 Å². The zero-order valence-electron chi connectivity index (χ0n) is 18.6. The second-order valence-corrected chi connectivity index (χ2v) is 11.2. The molecule has 7 nitrogen and oxygen atoms in total. The number of amides is 1. The lowest BCUT2D eigenvalue weighted by Gasteiger charge is -2.28. The summed E-state index contributed by atoms with van der Waals surface area (Å²) in [6.07, 6.45) is 0.622. The summed E-state index contributed by atoms with van der Waals surface area (Å²) < 4.78 is 33.1. The number of sulfonamides is 1. The Morgan fingerprint density at radius 1 is 1.15 bits per heavy atom. The summed E-state index contributed by atoms with van der Waals surface area (Å²) in [7, 11) is -3.83. The molecule has 0 radical (unpaired) electrons. The fourth-order valence-corrected chi connectivity index (χ4v) is 6.40. The summed E-state index contributed by atoms with van der Waals surface area (Å²) in [4.78, 5) is 25.4. The lowest BCUT2D eigenvalue weighted by molar-refractivity contribution is 0.0531. The van der Waals surface area contributed by atoms with Crippen molar-refractivity contribution < 1.29 is 22.7 Å². The van der Waals surface area contributed by atoms with Gasteiger partial charge in [0.15, 0.2) is 0 Å². The molecule has 1 amide bonds. The first-order valence-corrected chi connectivity index (χ1v) is 13.3. The Morgan fingerprint density at radius 2 is 1.88 bits per heavy atom. The largest absolute Gasteiger partial charge is 0.462 e. The number of fused-ring (bicyclic) bond motifs is 1. The van der Waals surface area contributed by atoms with Gasteiger partial charge in [0, 0.05) is 13.1 Å². The Morgan fingerprint density at radius 3 is 2.62 bits per heavy atom. The molecule has 10 heteroatoms. The van der Waals surface area contributed by atoms with E-state index >= 15 is 0 Å². The van der Waals surface area contributed by atoms with Crippen molar-refractivity contribution in [1.82, 2.24) is 4.31 Å². The monoisotopic (exact) mass is 518 g/mol. The van der Waals surface area contributed by atoms with E-state index in [-0.39, 0.29) is 28.6 Å². The molecule has 1 aliphatic heterocycles. The van der Waals surface area contributed by atoms with Crippen LogP contribution in [-0.2, 0) is 27.7 Å². The van der Waals surface area contributed by atoms with Crippen LogP contribution in [-0.4, -0.2) is 37.8 Å². The van der Waals surface area contributed by atoms with Gasteiger partial charge in [0.2, 0.25) is 10.0 Å². The number of nitrogens with zero attached hydrogens (tertiary/aromatic N) is 1. The molecule has 4 rings (SSSR count). The summed E-state index contributed by atoms with van der Waals surface area (Å²) >= 11 is 7.33. The van der Waals surface area contributed by atoms with Crippen LogP contribution in [0, 0.1) is 6.92 Å². The van der Waals surface area contributed by atoms with Crippen LogP contribution in [0.3, 0.4) is 0 Å². The topological polar surface area (TPSA) is 92.8 Å². The van der Waals surface area contributed by atoms with E-state index in [0.717, 1.165) is 22.5 Å². The van der Waals surface area contributed by atoms with Gasteiger partial charge in [-0.2, -0.15) is 4.31 Å². The number of rotatable bonds is 6. The second-order valence-electron chi connectivity index (χ2n) is 7.80. The van der Waals surface area contributed by atoms with Crippen LogP contribution in [0.2, 0.25) is 5.02 Å². The highest BCUT2D eigenvalue weighted by Crippen LogP contribution is 2.30. The lowest BCUT2D eigenvalue weighted by atomic mass is 10.0. The van der Waals surface area contributed by atoms with Gasteiger partial charge in [-0.1, -0.05) is 35.9 Å². The molecule has 178 valence electrons. The fourth-order valence-electron chi connectivity index (χ4n) is 3.79. The lowest BCUT2D eigenvalue weighted by Crippen LogP contribution is -2.36. The number of benzene rings is 2. The molecule has 0 saturated carbocycles. The average molecular weight is 519 g/mol. The smallest absolute Gasteiger partial charge is 0.348 e. The third kappa shape index (κ3) is 4.88. The van der Waals surface area contributed by atoms with Gasteiger partial charge in [0.1, 0.15) is 4.88 Å². The summed E-state index contributed by atoms with van der Waals surface area (Å²) in [6.45, 7) is 4.34. The predicted octanol–water partition coefficient (Wildman–Crippen LogP) is 4.89. The van der Waals surface area contributed by atoms with Gasteiger partial charge >= 0.3 is 5.97 Å². The molecule has 1 aromatic heterocycles. The number of hydrogen-bond donors (Lipinski definition) is 1. The molecular weight excluding hydrogens is 496 g/mol. The van der Waals surface area contributed by atoms with E-state index in [4.69, 9.17) is 16.3 Å². The molecular formula is C24H23ClN2O5S2. The fraction of sp³-hybridized carbons (Fsp3) is 0.250. The first kappa shape index (κ1) is 24.4. The molecule has 2 aromatic carbocycles. The van der Waals surface area contributed by atoms with Crippen molar-refractivity contribution in [1.29, 1.82) is 0 Å². The molecule has 1 N–H and O–H groups in total. The summed E-state index contributed by atoms with van der Waals surface area (Å²) in [5.41, 5.74) is 2.81. The van der Waals surface area contributed by atoms with Gasteiger partial charge in [-0.3, -0.25) is 4.79 Å². The molecule has 0 atom stereocenters. The minimum absolute atomic E-state index is 0.00370. The van der Waals surface area contributed by atoms with E-state index in [1.54, 1.807) is 19.9 Å². The summed E-state index contributed by atoms with van der Waals surface area (Å²) in [6, 6.07) is 13.5. The molecule has 3 aromatic rings. The molecule has 34 heavy (non-hydrogen) atoms. The van der Waals surface area contributed by atoms with E-state index in [0.29, 0.717) is 28.4 Å². The van der Waals surface area contributed by atoms with Crippen molar-refractivity contribution >= 4 is 49.8 Å². The minimum Gasteiger partial charge on any atom is -0.462 e. The summed E-state index contributed by atoms with van der Waals surface area (Å²) in [5.74, 6) is -1.03. The number of carbonyl (C=O) groups excluding carboxylic acids is 2. The number of nitrogens with one attached hydrogen (secondary N) is 1. The Kier molecular flexibility index (Phi) is 7.09. The van der Waals surface area contributed by atoms with Gasteiger partial charge in [-0.05, 0) is 61.2 Å². The number of thiophene rings is 1. The maximum absolute atomic E-state index is 13.3. The molecule has 0 aliphatic carbocycles. The highest BCUT2D eigenvalue weighted by Gasteiger charge is 2.29. The van der Waals surface area contributed by atoms with E-state index in [1.807, 2.05) is 24.3 Å². The van der Waals surface area contributed by atoms with E-state index in [2.05, 4.69) is 5.32 Å². The number of halogens is 1. The van der Waals surface area contributed by atoms with Crippen molar-refractivity contribution in [3.05, 3.63) is 80.7 Å². The van der Waals surface area contributed by atoms with Gasteiger partial charge in [0.05, 0.1) is 27.1 Å². The van der Waals surface area contributed by atoms with Crippen LogP contribution < -0.4 is 5.32 Å². The van der Waals surface area contributed by atoms with Crippen molar-refractivity contribution in [2.45, 2.75) is 31.7 Å². The molecule has 2 heterocycles. The van der Waals surface area contributed by atoms with Crippen molar-refractivity contribution in [3.63, 3.8) is 0 Å². The first-order chi connectivity index (χ1) is 16.2. The normalized spacial score (nSPS) is 13.9. The standard InChI is InChI=1S/C24H23ClN2O5S2/c1-3-32-24(29)22-15(2)12-21(33-22)26-23(28)19-13-18(8-9-20(19)25)34(30,31)27-11-10-16-6-4-5-7-17(16)14-27/h4-9,12-13H,3,10-11,14H2,1-2H3,(H,26,28). The predicted molar refractivity (Wildman–Crippen MR) is 132 cm³/mol. The maximum atomic E-state index is 13.3. The highest BCUT2D eigenvalue weighted by molar-refractivity contribution is 7.89. The number of aryl methyl sites for hydroxylation is 1. The molecule has 1 aliphatic rings. The van der Waals surface area contributed by atoms with Gasteiger partial charge in [0.25, 0.3) is 5.91 Å². The Balaban J connectivity index is 1.57. The zero-order chi connectivity index (χ0) is 24.5. The van der Waals surface area contributed by atoms with Gasteiger partial charge < -0.3 is 10.1 Å².